The van der Waals surface area contributed by atoms with Gasteiger partial charge < -0.3 is 10.6 Å². The van der Waals surface area contributed by atoms with Gasteiger partial charge in [-0.25, -0.2) is 0 Å². The van der Waals surface area contributed by atoms with Crippen LogP contribution < -0.4 is 10.6 Å². The molecular weight excluding hydrogens is 486 g/mol. The van der Waals surface area contributed by atoms with Gasteiger partial charge in [0.25, 0.3) is 11.4 Å². The van der Waals surface area contributed by atoms with Gasteiger partial charge in [0.1, 0.15) is 11.4 Å². The van der Waals surface area contributed by atoms with Crippen LogP contribution in [0.4, 0.5) is 22.7 Å². The Kier molecular flexibility index (Phi) is 7.93. The second-order valence-corrected chi connectivity index (χ2v) is 8.87. The van der Waals surface area contributed by atoms with Crippen molar-refractivity contribution in [3.8, 4) is 0 Å². The highest BCUT2D eigenvalue weighted by molar-refractivity contribution is 6.14. The number of hydrogen-bond acceptors (Lipinski definition) is 8. The summed E-state index contributed by atoms with van der Waals surface area (Å²) in [5, 5.41) is 28.7. The van der Waals surface area contributed by atoms with Gasteiger partial charge in [-0.3, -0.25) is 29.9 Å². The number of Topliss-reactive ketones (excluding diaryl/α,β-unsaturated/α-hetero) is 1. The number of nitro benzene ring substituents is 2. The lowest BCUT2D eigenvalue weighted by Gasteiger charge is -2.30. The fraction of sp³-hybridized carbons (Fsp3) is 0.179. The van der Waals surface area contributed by atoms with E-state index in [1.165, 1.54) is 12.1 Å². The van der Waals surface area contributed by atoms with Crippen molar-refractivity contribution < 1.29 is 14.6 Å². The van der Waals surface area contributed by atoms with E-state index in [0.717, 1.165) is 5.56 Å². The van der Waals surface area contributed by atoms with Crippen molar-refractivity contribution in [3.05, 3.63) is 115 Å². The molecule has 0 amide bonds. The molecule has 10 nitrogen and oxygen atoms in total. The Bertz CT molecular complexity index is 1360. The van der Waals surface area contributed by atoms with Crippen molar-refractivity contribution in [3.63, 3.8) is 0 Å². The molecule has 1 saturated heterocycles. The van der Waals surface area contributed by atoms with Crippen LogP contribution in [0.15, 0.2) is 77.9 Å². The monoisotopic (exact) mass is 513 g/mol. The lowest BCUT2D eigenvalue weighted by atomic mass is 9.93. The van der Waals surface area contributed by atoms with Crippen molar-refractivity contribution in [1.29, 1.82) is 0 Å². The molecule has 0 aromatic heterocycles. The number of rotatable bonds is 8. The Balaban J connectivity index is 1.75. The van der Waals surface area contributed by atoms with E-state index in [1.807, 2.05) is 30.3 Å². The summed E-state index contributed by atoms with van der Waals surface area (Å²) in [6, 6.07) is 19.4. The van der Waals surface area contributed by atoms with E-state index < -0.39 is 9.85 Å². The van der Waals surface area contributed by atoms with Crippen LogP contribution in [-0.2, 0) is 11.3 Å². The van der Waals surface area contributed by atoms with E-state index in [9.17, 15) is 25.0 Å². The predicted octanol–water partition coefficient (Wildman–Crippen LogP) is 5.14. The molecule has 0 unspecified atom stereocenters. The third-order valence-corrected chi connectivity index (χ3v) is 6.28. The molecule has 1 aliphatic rings. The smallest absolute Gasteiger partial charge is 0.292 e. The van der Waals surface area contributed by atoms with Crippen LogP contribution in [-0.4, -0.2) is 47.7 Å². The SMILES string of the molecule is CNc1ccc(C=C2CN(Cc3ccccc3)CC(=Cc3ccc(NC)c([N+](=O)[O-])c3)C2=O)cc1[N+](=O)[O-]. The van der Waals surface area contributed by atoms with Crippen LogP contribution in [0.1, 0.15) is 16.7 Å². The van der Waals surface area contributed by atoms with E-state index in [2.05, 4.69) is 15.5 Å². The van der Waals surface area contributed by atoms with Crippen LogP contribution in [0.2, 0.25) is 0 Å². The summed E-state index contributed by atoms with van der Waals surface area (Å²) in [6.45, 7) is 1.29. The highest BCUT2D eigenvalue weighted by Gasteiger charge is 2.27. The summed E-state index contributed by atoms with van der Waals surface area (Å²) >= 11 is 0. The van der Waals surface area contributed by atoms with Gasteiger partial charge in [-0.05, 0) is 41.0 Å². The minimum atomic E-state index is -0.467. The number of anilines is 2. The minimum absolute atomic E-state index is 0.0843. The first-order chi connectivity index (χ1) is 18.3. The van der Waals surface area contributed by atoms with Crippen LogP contribution in [0.5, 0.6) is 0 Å². The fourth-order valence-electron chi connectivity index (χ4n) is 4.47. The quantitative estimate of drug-likeness (QED) is 0.241. The molecule has 2 N–H and O–H groups in total. The molecule has 0 spiro atoms. The fourth-order valence-corrected chi connectivity index (χ4v) is 4.47. The minimum Gasteiger partial charge on any atom is -0.383 e. The van der Waals surface area contributed by atoms with E-state index in [-0.39, 0.29) is 17.2 Å². The summed E-state index contributed by atoms with van der Waals surface area (Å²) in [6.07, 6.45) is 3.35. The standard InChI is InChI=1S/C28H27N5O5/c1-29-24-10-8-20(14-26(24)32(35)36)12-22-17-31(16-19-6-4-3-5-7-19)18-23(28(22)34)13-21-9-11-25(30-2)27(15-21)33(37)38/h3-15,29-30H,16-18H2,1-2H3. The summed E-state index contributed by atoms with van der Waals surface area (Å²) in [5.41, 5.74) is 3.69. The van der Waals surface area contributed by atoms with Crippen molar-refractivity contribution >= 4 is 40.7 Å². The summed E-state index contributed by atoms with van der Waals surface area (Å²) in [7, 11) is 3.22. The molecule has 0 saturated carbocycles. The van der Waals surface area contributed by atoms with Crippen molar-refractivity contribution in [2.24, 2.45) is 0 Å². The zero-order valence-corrected chi connectivity index (χ0v) is 21.0. The van der Waals surface area contributed by atoms with Gasteiger partial charge in [-0.1, -0.05) is 42.5 Å². The molecular formula is C28H27N5O5. The summed E-state index contributed by atoms with van der Waals surface area (Å²) in [4.78, 5) is 37.8. The Morgan fingerprint density at radius 2 is 1.26 bits per heavy atom. The van der Waals surface area contributed by atoms with E-state index in [4.69, 9.17) is 0 Å². The number of likely N-dealkylation sites (tertiary alicyclic amines) is 1. The molecule has 0 atom stereocenters. The maximum atomic E-state index is 13.6. The van der Waals surface area contributed by atoms with Crippen molar-refractivity contribution in [2.75, 3.05) is 37.8 Å². The van der Waals surface area contributed by atoms with E-state index >= 15 is 0 Å². The van der Waals surface area contributed by atoms with Crippen molar-refractivity contribution in [1.82, 2.24) is 4.90 Å². The maximum absolute atomic E-state index is 13.6. The molecule has 4 rings (SSSR count). The average molecular weight is 514 g/mol. The molecule has 1 aliphatic heterocycles. The zero-order chi connectivity index (χ0) is 27.2. The lowest BCUT2D eigenvalue weighted by molar-refractivity contribution is -0.384. The number of carbonyl (C=O) groups is 1. The molecule has 1 fully saturated rings. The van der Waals surface area contributed by atoms with Gasteiger partial charge in [0, 0.05) is 57.0 Å². The lowest BCUT2D eigenvalue weighted by Crippen LogP contribution is -2.37. The van der Waals surface area contributed by atoms with Crippen molar-refractivity contribution in [2.45, 2.75) is 6.54 Å². The first-order valence-electron chi connectivity index (χ1n) is 11.9. The number of nitro groups is 2. The zero-order valence-electron chi connectivity index (χ0n) is 21.0. The molecule has 3 aromatic rings. The first-order valence-corrected chi connectivity index (χ1v) is 11.9. The average Bonchev–Trinajstić information content (AvgIpc) is 2.91. The Morgan fingerprint density at radius 1 is 0.789 bits per heavy atom. The highest BCUT2D eigenvalue weighted by atomic mass is 16.6. The van der Waals surface area contributed by atoms with Crippen LogP contribution in [0.25, 0.3) is 12.2 Å². The third-order valence-electron chi connectivity index (χ3n) is 6.28. The number of hydrogen-bond donors (Lipinski definition) is 2. The third kappa shape index (κ3) is 5.93. The number of carbonyl (C=O) groups excluding carboxylic acids is 1. The predicted molar refractivity (Wildman–Crippen MR) is 148 cm³/mol. The number of ketones is 1. The van der Waals surface area contributed by atoms with Gasteiger partial charge in [-0.2, -0.15) is 0 Å². The number of benzene rings is 3. The van der Waals surface area contributed by atoms with Crippen LogP contribution in [0, 0.1) is 20.2 Å². The largest absolute Gasteiger partial charge is 0.383 e. The van der Waals surface area contributed by atoms with Gasteiger partial charge in [0.2, 0.25) is 0 Å². The number of nitrogens with zero attached hydrogens (tertiary/aromatic N) is 3. The van der Waals surface area contributed by atoms with E-state index in [1.54, 1.807) is 50.5 Å². The normalized spacial score (nSPS) is 16.0. The summed E-state index contributed by atoms with van der Waals surface area (Å²) in [5.74, 6) is -0.199. The van der Waals surface area contributed by atoms with Gasteiger partial charge in [-0.15, -0.1) is 0 Å². The van der Waals surface area contributed by atoms with Gasteiger partial charge in [0.15, 0.2) is 5.78 Å². The highest BCUT2D eigenvalue weighted by Crippen LogP contribution is 2.30. The molecule has 0 radical (unpaired) electrons. The van der Waals surface area contributed by atoms with E-state index in [0.29, 0.717) is 53.3 Å². The van der Waals surface area contributed by atoms with Gasteiger partial charge in [0.05, 0.1) is 9.85 Å². The Labute approximate surface area is 219 Å². The molecule has 1 heterocycles. The molecule has 194 valence electrons. The van der Waals surface area contributed by atoms with Crippen LogP contribution >= 0.6 is 0 Å². The Morgan fingerprint density at radius 3 is 1.68 bits per heavy atom. The molecule has 10 heteroatoms. The second kappa shape index (κ2) is 11.5. The number of piperidine rings is 1. The summed E-state index contributed by atoms with van der Waals surface area (Å²) < 4.78 is 0. The Hall–Kier alpha value is -4.83. The molecule has 0 aliphatic carbocycles. The topological polar surface area (TPSA) is 131 Å². The molecule has 38 heavy (non-hydrogen) atoms. The second-order valence-electron chi connectivity index (χ2n) is 8.87. The first kappa shape index (κ1) is 26.2. The number of nitrogens with one attached hydrogen (secondary N) is 2. The van der Waals surface area contributed by atoms with Gasteiger partial charge >= 0.3 is 0 Å². The molecule has 0 bridgehead atoms. The maximum Gasteiger partial charge on any atom is 0.292 e. The molecule has 3 aromatic carbocycles. The van der Waals surface area contributed by atoms with Crippen LogP contribution in [0.3, 0.4) is 0 Å².